The number of aliphatic hydroxyl groups is 2. The number of alkyl halides is 1. The zero-order valence-electron chi connectivity index (χ0n) is 6.24. The van der Waals surface area contributed by atoms with Crippen LogP contribution >= 0.6 is 23.2 Å². The fourth-order valence-corrected chi connectivity index (χ4v) is 1.19. The fourth-order valence-electron chi connectivity index (χ4n) is 0.841. The first-order chi connectivity index (χ1) is 5.85. The van der Waals surface area contributed by atoms with E-state index in [1.54, 1.807) is 0 Å². The van der Waals surface area contributed by atoms with Gasteiger partial charge in [-0.2, -0.15) is 0 Å². The van der Waals surface area contributed by atoms with Crippen molar-refractivity contribution in [2.24, 2.45) is 0 Å². The third-order valence-corrected chi connectivity index (χ3v) is 2.51. The monoisotopic (exact) mass is 224 g/mol. The zero-order chi connectivity index (χ0) is 10.2. The van der Waals surface area contributed by atoms with Crippen molar-refractivity contribution in [1.82, 2.24) is 0 Å². The Hall–Kier alpha value is -0.550. The molecule has 72 valence electrons. The number of hydrogen-bond acceptors (Lipinski definition) is 3. The van der Waals surface area contributed by atoms with Crippen LogP contribution in [0.25, 0.3) is 0 Å². The lowest BCUT2D eigenvalue weighted by Gasteiger charge is -2.27. The van der Waals surface area contributed by atoms with Crippen LogP contribution in [0.4, 0.5) is 0 Å². The van der Waals surface area contributed by atoms with Crippen molar-refractivity contribution >= 4 is 29.2 Å². The van der Waals surface area contributed by atoms with E-state index in [9.17, 15) is 15.0 Å². The lowest BCUT2D eigenvalue weighted by molar-refractivity contribution is -0.132. The van der Waals surface area contributed by atoms with Crippen LogP contribution in [0.2, 0.25) is 0 Å². The van der Waals surface area contributed by atoms with E-state index in [0.29, 0.717) is 0 Å². The second-order valence-electron chi connectivity index (χ2n) is 2.54. The molecule has 0 unspecified atom stereocenters. The highest BCUT2D eigenvalue weighted by Gasteiger charge is 2.39. The van der Waals surface area contributed by atoms with Crippen LogP contribution in [-0.2, 0) is 4.79 Å². The van der Waals surface area contributed by atoms with Gasteiger partial charge in [0, 0.05) is 0 Å². The molecule has 0 aromatic heterocycles. The first kappa shape index (κ1) is 10.5. The number of carboxylic acid groups (broad SMARTS) is 1. The molecule has 0 aromatic rings. The van der Waals surface area contributed by atoms with Crippen molar-refractivity contribution in [2.75, 3.05) is 0 Å². The molecule has 4 nitrogen and oxygen atoms in total. The maximum atomic E-state index is 10.4. The Balaban J connectivity index is 3.07. The molecule has 1 aliphatic rings. The summed E-state index contributed by atoms with van der Waals surface area (Å²) in [5, 5.41) is 24.6. The summed E-state index contributed by atoms with van der Waals surface area (Å²) in [5.41, 5.74) is -0.206. The summed E-state index contributed by atoms with van der Waals surface area (Å²) in [6, 6.07) is 0. The van der Waals surface area contributed by atoms with Gasteiger partial charge in [-0.3, -0.25) is 0 Å². The van der Waals surface area contributed by atoms with Crippen molar-refractivity contribution in [3.8, 4) is 0 Å². The van der Waals surface area contributed by atoms with Gasteiger partial charge in [-0.05, 0) is 12.2 Å². The minimum atomic E-state index is -2.12. The first-order valence-electron chi connectivity index (χ1n) is 3.28. The minimum absolute atomic E-state index is 0.206. The molecule has 0 aliphatic heterocycles. The van der Waals surface area contributed by atoms with E-state index < -0.39 is 17.1 Å². The van der Waals surface area contributed by atoms with Gasteiger partial charge in [0.25, 0.3) is 0 Å². The molecule has 0 aromatic carbocycles. The van der Waals surface area contributed by atoms with Crippen LogP contribution in [0.15, 0.2) is 22.8 Å². The number of hydrogen-bond donors (Lipinski definition) is 3. The molecule has 1 rings (SSSR count). The van der Waals surface area contributed by atoms with E-state index in [0.717, 1.165) is 12.2 Å². The molecule has 0 saturated carbocycles. The molecular weight excluding hydrogens is 219 g/mol. The van der Waals surface area contributed by atoms with Crippen LogP contribution in [0.1, 0.15) is 0 Å². The molecule has 6 heteroatoms. The predicted molar refractivity (Wildman–Crippen MR) is 46.5 cm³/mol. The Labute approximate surface area is 83.7 Å². The summed E-state index contributed by atoms with van der Waals surface area (Å²) in [5.74, 6) is -1.25. The van der Waals surface area contributed by atoms with Gasteiger partial charge in [-0.1, -0.05) is 23.2 Å². The molecule has 2 atom stereocenters. The van der Waals surface area contributed by atoms with Crippen LogP contribution < -0.4 is 0 Å². The highest BCUT2D eigenvalue weighted by atomic mass is 35.5. The normalized spacial score (nSPS) is 33.7. The summed E-state index contributed by atoms with van der Waals surface area (Å²) in [6.45, 7) is 0. The second kappa shape index (κ2) is 3.31. The SMILES string of the molecule is O=C(O)C1=C[C@H](O)[C@@](O)(Cl)C(Cl)=C1. The molecule has 0 saturated heterocycles. The van der Waals surface area contributed by atoms with Crippen LogP contribution in [0, 0.1) is 0 Å². The van der Waals surface area contributed by atoms with Crippen LogP contribution in [0.5, 0.6) is 0 Å². The van der Waals surface area contributed by atoms with E-state index in [-0.39, 0.29) is 10.6 Å². The number of carbonyl (C=O) groups is 1. The Bertz CT molecular complexity index is 306. The van der Waals surface area contributed by atoms with Gasteiger partial charge in [-0.15, -0.1) is 0 Å². The second-order valence-corrected chi connectivity index (χ2v) is 3.52. The van der Waals surface area contributed by atoms with Gasteiger partial charge >= 0.3 is 5.97 Å². The van der Waals surface area contributed by atoms with Crippen molar-refractivity contribution in [2.45, 2.75) is 11.2 Å². The Morgan fingerprint density at radius 2 is 2.15 bits per heavy atom. The summed E-state index contributed by atoms with van der Waals surface area (Å²) in [4.78, 5) is 10.4. The first-order valence-corrected chi connectivity index (χ1v) is 4.03. The maximum absolute atomic E-state index is 10.4. The van der Waals surface area contributed by atoms with Gasteiger partial charge in [-0.25, -0.2) is 4.79 Å². The van der Waals surface area contributed by atoms with Gasteiger partial charge in [0.2, 0.25) is 5.06 Å². The molecule has 0 heterocycles. The predicted octanol–water partition coefficient (Wildman–Crippen LogP) is 0.422. The largest absolute Gasteiger partial charge is 0.478 e. The standard InChI is InChI=1S/C7H6Cl2O4/c8-4-1-3(6(11)12)2-5(10)7(4,9)13/h1-2,5,10,13H,(H,11,12)/t5-,7+/m0/s1. The van der Waals surface area contributed by atoms with E-state index >= 15 is 0 Å². The quantitative estimate of drug-likeness (QED) is 0.565. The molecular formula is C7H6Cl2O4. The Kier molecular flexibility index (Phi) is 2.68. The smallest absolute Gasteiger partial charge is 0.335 e. The lowest BCUT2D eigenvalue weighted by Crippen LogP contribution is -2.38. The molecule has 0 bridgehead atoms. The average molecular weight is 225 g/mol. The van der Waals surface area contributed by atoms with Crippen molar-refractivity contribution in [3.63, 3.8) is 0 Å². The van der Waals surface area contributed by atoms with E-state index in [1.807, 2.05) is 0 Å². The average Bonchev–Trinajstić information content (AvgIpc) is 2.00. The summed E-state index contributed by atoms with van der Waals surface area (Å²) in [6.07, 6.45) is 0.378. The summed E-state index contributed by atoms with van der Waals surface area (Å²) < 4.78 is 0. The molecule has 0 amide bonds. The number of carboxylic acids is 1. The molecule has 0 fully saturated rings. The Morgan fingerprint density at radius 3 is 2.54 bits per heavy atom. The molecule has 13 heavy (non-hydrogen) atoms. The van der Waals surface area contributed by atoms with Gasteiger partial charge in [0.05, 0.1) is 10.6 Å². The highest BCUT2D eigenvalue weighted by molar-refractivity contribution is 6.39. The topological polar surface area (TPSA) is 77.8 Å². The molecule has 3 N–H and O–H groups in total. The van der Waals surface area contributed by atoms with E-state index in [2.05, 4.69) is 0 Å². The van der Waals surface area contributed by atoms with Gasteiger partial charge < -0.3 is 15.3 Å². The zero-order valence-corrected chi connectivity index (χ0v) is 7.75. The summed E-state index contributed by atoms with van der Waals surface area (Å²) in [7, 11) is 0. The number of halogens is 2. The lowest BCUT2D eigenvalue weighted by atomic mass is 10.0. The van der Waals surface area contributed by atoms with E-state index in [4.69, 9.17) is 28.3 Å². The highest BCUT2D eigenvalue weighted by Crippen LogP contribution is 2.34. The minimum Gasteiger partial charge on any atom is -0.478 e. The van der Waals surface area contributed by atoms with Gasteiger partial charge in [0.1, 0.15) is 6.10 Å². The van der Waals surface area contributed by atoms with Crippen molar-refractivity contribution in [3.05, 3.63) is 22.8 Å². The van der Waals surface area contributed by atoms with Gasteiger partial charge in [0.15, 0.2) is 0 Å². The third kappa shape index (κ3) is 1.86. The molecule has 1 aliphatic carbocycles. The van der Waals surface area contributed by atoms with E-state index in [1.165, 1.54) is 0 Å². The number of rotatable bonds is 1. The van der Waals surface area contributed by atoms with Crippen LogP contribution in [0.3, 0.4) is 0 Å². The molecule has 0 spiro atoms. The van der Waals surface area contributed by atoms with Crippen molar-refractivity contribution in [1.29, 1.82) is 0 Å². The van der Waals surface area contributed by atoms with Crippen molar-refractivity contribution < 1.29 is 20.1 Å². The Morgan fingerprint density at radius 1 is 1.62 bits per heavy atom. The fraction of sp³-hybridized carbons (Fsp3) is 0.286. The van der Waals surface area contributed by atoms with Crippen LogP contribution in [-0.4, -0.2) is 32.5 Å². The summed E-state index contributed by atoms with van der Waals surface area (Å²) >= 11 is 10.9. The number of aliphatic carboxylic acids is 1. The number of aliphatic hydroxyl groups excluding tert-OH is 1. The maximum Gasteiger partial charge on any atom is 0.335 e. The third-order valence-electron chi connectivity index (χ3n) is 1.59. The molecule has 0 radical (unpaired) electrons.